The fourth-order valence-corrected chi connectivity index (χ4v) is 3.68. The van der Waals surface area contributed by atoms with Crippen LogP contribution in [0.1, 0.15) is 10.4 Å². The average molecular weight is 487 g/mol. The van der Waals surface area contributed by atoms with Crippen molar-refractivity contribution in [2.75, 3.05) is 5.32 Å². The van der Waals surface area contributed by atoms with Gasteiger partial charge in [0, 0.05) is 35.2 Å². The highest BCUT2D eigenvalue weighted by molar-refractivity contribution is 6.30. The number of nitrogens with zero attached hydrogens (tertiary/aromatic N) is 3. The van der Waals surface area contributed by atoms with Crippen LogP contribution in [0.4, 0.5) is 10.1 Å². The maximum Gasteiger partial charge on any atom is 0.267 e. The molecule has 35 heavy (non-hydrogen) atoms. The van der Waals surface area contributed by atoms with Crippen LogP contribution >= 0.6 is 11.6 Å². The summed E-state index contributed by atoms with van der Waals surface area (Å²) in [5.41, 5.74) is 0.766. The van der Waals surface area contributed by atoms with E-state index in [9.17, 15) is 14.0 Å². The van der Waals surface area contributed by atoms with Gasteiger partial charge in [0.2, 0.25) is 0 Å². The van der Waals surface area contributed by atoms with Crippen molar-refractivity contribution in [3.8, 4) is 17.2 Å². The second-order valence-electron chi connectivity index (χ2n) is 7.47. The summed E-state index contributed by atoms with van der Waals surface area (Å²) in [5, 5.41) is 3.39. The molecule has 1 amide bonds. The number of aromatic nitrogens is 3. The molecule has 0 aliphatic heterocycles. The van der Waals surface area contributed by atoms with Crippen molar-refractivity contribution in [2.24, 2.45) is 0 Å². The number of benzene rings is 2. The van der Waals surface area contributed by atoms with Crippen LogP contribution < -0.4 is 15.6 Å². The van der Waals surface area contributed by atoms with Crippen LogP contribution in [-0.2, 0) is 0 Å². The van der Waals surface area contributed by atoms with E-state index in [1.54, 1.807) is 48.7 Å². The Hall–Kier alpha value is -4.56. The Balaban J connectivity index is 1.38. The van der Waals surface area contributed by atoms with Crippen molar-refractivity contribution in [1.82, 2.24) is 14.5 Å². The molecule has 5 rings (SSSR count). The van der Waals surface area contributed by atoms with Gasteiger partial charge < -0.3 is 10.1 Å². The van der Waals surface area contributed by atoms with E-state index < -0.39 is 17.3 Å². The molecule has 0 saturated heterocycles. The summed E-state index contributed by atoms with van der Waals surface area (Å²) in [4.78, 5) is 33.8. The Morgan fingerprint density at radius 3 is 2.60 bits per heavy atom. The second-order valence-corrected chi connectivity index (χ2v) is 7.85. The minimum Gasteiger partial charge on any atom is -0.454 e. The Kier molecular flexibility index (Phi) is 5.95. The van der Waals surface area contributed by atoms with Crippen LogP contribution in [0.3, 0.4) is 0 Å². The normalized spacial score (nSPS) is 10.8. The Labute approximate surface area is 203 Å². The predicted octanol–water partition coefficient (Wildman–Crippen LogP) is 5.62. The number of ether oxygens (including phenoxy) is 1. The molecule has 0 aliphatic rings. The highest BCUT2D eigenvalue weighted by Gasteiger charge is 2.15. The molecule has 0 saturated carbocycles. The summed E-state index contributed by atoms with van der Waals surface area (Å²) in [6.07, 6.45) is 4.59. The number of carbonyl (C=O) groups excluding carboxylic acids is 1. The third-order valence-electron chi connectivity index (χ3n) is 5.19. The molecule has 0 aliphatic carbocycles. The number of anilines is 1. The van der Waals surface area contributed by atoms with Gasteiger partial charge in [-0.2, -0.15) is 0 Å². The Morgan fingerprint density at radius 1 is 0.971 bits per heavy atom. The quantitative estimate of drug-likeness (QED) is 0.326. The molecular weight excluding hydrogens is 471 g/mol. The fraction of sp³-hybridized carbons (Fsp3) is 0. The third kappa shape index (κ3) is 4.60. The number of hydrogen-bond acceptors (Lipinski definition) is 5. The maximum absolute atomic E-state index is 14.8. The summed E-state index contributed by atoms with van der Waals surface area (Å²) < 4.78 is 21.9. The standard InChI is InChI=1S/C26H16ClFN4O3/c27-24-14-19-21(15-30-24)29-11-10-22(19)35-23-9-8-16(13-20(23)28)31-25(33)18-7-4-12-32(26(18)34)17-5-2-1-3-6-17/h1-15H,(H,31,33). The van der Waals surface area contributed by atoms with Gasteiger partial charge in [-0.05, 0) is 48.5 Å². The lowest BCUT2D eigenvalue weighted by Crippen LogP contribution is -2.27. The number of rotatable bonds is 5. The zero-order valence-corrected chi connectivity index (χ0v) is 18.7. The van der Waals surface area contributed by atoms with Crippen molar-refractivity contribution < 1.29 is 13.9 Å². The van der Waals surface area contributed by atoms with Gasteiger partial charge in [0.25, 0.3) is 11.5 Å². The second kappa shape index (κ2) is 9.36. The molecule has 0 fully saturated rings. The van der Waals surface area contributed by atoms with Gasteiger partial charge in [0.05, 0.1) is 11.7 Å². The third-order valence-corrected chi connectivity index (χ3v) is 5.40. The van der Waals surface area contributed by atoms with Gasteiger partial charge in [-0.15, -0.1) is 0 Å². The van der Waals surface area contributed by atoms with Gasteiger partial charge in [-0.1, -0.05) is 29.8 Å². The first-order valence-electron chi connectivity index (χ1n) is 10.5. The number of hydrogen-bond donors (Lipinski definition) is 1. The van der Waals surface area contributed by atoms with Crippen molar-refractivity contribution >= 4 is 34.1 Å². The highest BCUT2D eigenvalue weighted by Crippen LogP contribution is 2.32. The summed E-state index contributed by atoms with van der Waals surface area (Å²) in [5.74, 6) is -1.08. The summed E-state index contributed by atoms with van der Waals surface area (Å²) in [7, 11) is 0. The highest BCUT2D eigenvalue weighted by atomic mass is 35.5. The Morgan fingerprint density at radius 2 is 1.80 bits per heavy atom. The van der Waals surface area contributed by atoms with Crippen LogP contribution in [0, 0.1) is 5.82 Å². The van der Waals surface area contributed by atoms with E-state index in [4.69, 9.17) is 16.3 Å². The van der Waals surface area contributed by atoms with Crippen molar-refractivity contribution in [1.29, 1.82) is 0 Å². The van der Waals surface area contributed by atoms with Gasteiger partial charge in [-0.25, -0.2) is 9.37 Å². The molecule has 3 heterocycles. The molecule has 7 nitrogen and oxygen atoms in total. The number of fused-ring (bicyclic) bond motifs is 1. The van der Waals surface area contributed by atoms with Crippen LogP contribution in [0.2, 0.25) is 5.15 Å². The largest absolute Gasteiger partial charge is 0.454 e. The Bertz CT molecular complexity index is 1620. The van der Waals surface area contributed by atoms with E-state index in [-0.39, 0.29) is 22.2 Å². The van der Waals surface area contributed by atoms with E-state index in [2.05, 4.69) is 15.3 Å². The first-order chi connectivity index (χ1) is 17.0. The minimum absolute atomic E-state index is 0.0606. The number of halogens is 2. The predicted molar refractivity (Wildman–Crippen MR) is 131 cm³/mol. The van der Waals surface area contributed by atoms with Crippen molar-refractivity contribution in [3.63, 3.8) is 0 Å². The first-order valence-corrected chi connectivity index (χ1v) is 10.8. The molecule has 3 aromatic heterocycles. The van der Waals surface area contributed by atoms with Gasteiger partial charge in [0.15, 0.2) is 11.6 Å². The average Bonchev–Trinajstić information content (AvgIpc) is 2.86. The summed E-state index contributed by atoms with van der Waals surface area (Å²) in [6, 6.07) is 19.1. The van der Waals surface area contributed by atoms with Crippen molar-refractivity contribution in [2.45, 2.75) is 0 Å². The lowest BCUT2D eigenvalue weighted by atomic mass is 10.2. The zero-order valence-electron chi connectivity index (χ0n) is 18.0. The molecule has 0 atom stereocenters. The molecular formula is C26H16ClFN4O3. The number of nitrogens with one attached hydrogen (secondary N) is 1. The molecule has 1 N–H and O–H groups in total. The zero-order chi connectivity index (χ0) is 24.4. The number of amides is 1. The monoisotopic (exact) mass is 486 g/mol. The van der Waals surface area contributed by atoms with Crippen LogP contribution in [0.5, 0.6) is 11.5 Å². The molecule has 172 valence electrons. The maximum atomic E-state index is 14.8. The van der Waals surface area contributed by atoms with Gasteiger partial charge in [-0.3, -0.25) is 19.1 Å². The topological polar surface area (TPSA) is 86.1 Å². The first kappa shape index (κ1) is 22.2. The number of carbonyl (C=O) groups is 1. The molecule has 0 radical (unpaired) electrons. The summed E-state index contributed by atoms with van der Waals surface area (Å²) >= 11 is 5.97. The molecule has 0 spiro atoms. The van der Waals surface area contributed by atoms with E-state index in [1.807, 2.05) is 6.07 Å². The molecule has 0 bridgehead atoms. The number of pyridine rings is 3. The van der Waals surface area contributed by atoms with Crippen LogP contribution in [0.25, 0.3) is 16.6 Å². The number of para-hydroxylation sites is 1. The lowest BCUT2D eigenvalue weighted by Gasteiger charge is -2.12. The smallest absolute Gasteiger partial charge is 0.267 e. The van der Waals surface area contributed by atoms with Gasteiger partial charge >= 0.3 is 0 Å². The molecule has 5 aromatic rings. The molecule has 0 unspecified atom stereocenters. The van der Waals surface area contributed by atoms with E-state index >= 15 is 0 Å². The van der Waals surface area contributed by atoms with E-state index in [0.29, 0.717) is 22.3 Å². The van der Waals surface area contributed by atoms with E-state index in [0.717, 1.165) is 6.07 Å². The fourth-order valence-electron chi connectivity index (χ4n) is 3.52. The van der Waals surface area contributed by atoms with Gasteiger partial charge in [0.1, 0.15) is 16.5 Å². The molecule has 9 heteroatoms. The van der Waals surface area contributed by atoms with Crippen LogP contribution in [-0.4, -0.2) is 20.4 Å². The van der Waals surface area contributed by atoms with E-state index in [1.165, 1.54) is 35.2 Å². The minimum atomic E-state index is -0.706. The molecule has 2 aromatic carbocycles. The SMILES string of the molecule is O=C(Nc1ccc(Oc2ccnc3cnc(Cl)cc23)c(F)c1)c1cccn(-c2ccccc2)c1=O. The van der Waals surface area contributed by atoms with Crippen molar-refractivity contribution in [3.05, 3.63) is 118 Å². The van der Waals surface area contributed by atoms with Crippen LogP contribution in [0.15, 0.2) is 96.2 Å². The lowest BCUT2D eigenvalue weighted by molar-refractivity contribution is 0.102. The summed E-state index contributed by atoms with van der Waals surface area (Å²) in [6.45, 7) is 0.